The van der Waals surface area contributed by atoms with Crippen molar-refractivity contribution in [3.05, 3.63) is 65.7 Å². The van der Waals surface area contributed by atoms with Gasteiger partial charge in [0.15, 0.2) is 0 Å². The monoisotopic (exact) mass is 365 g/mol. The third kappa shape index (κ3) is 5.41. The van der Waals surface area contributed by atoms with E-state index in [1.165, 1.54) is 0 Å². The number of nitrogens with one attached hydrogen (secondary N) is 3. The van der Waals surface area contributed by atoms with Gasteiger partial charge < -0.3 is 16.0 Å². The summed E-state index contributed by atoms with van der Waals surface area (Å²) >= 11 is 0. The highest BCUT2D eigenvalue weighted by Crippen LogP contribution is 2.20. The minimum atomic E-state index is -0.168. The quantitative estimate of drug-likeness (QED) is 0.701. The van der Waals surface area contributed by atoms with Crippen LogP contribution in [0.3, 0.4) is 0 Å². The second-order valence-electron chi connectivity index (χ2n) is 7.06. The molecule has 0 aliphatic heterocycles. The number of carbonyl (C=O) groups excluding carboxylic acids is 2. The minimum Gasteiger partial charge on any atom is -0.349 e. The molecule has 2 aromatic carbocycles. The molecule has 5 heteroatoms. The van der Waals surface area contributed by atoms with Crippen LogP contribution in [0, 0.1) is 0 Å². The number of hydrogen-bond acceptors (Lipinski definition) is 3. The molecule has 2 aromatic rings. The van der Waals surface area contributed by atoms with Crippen LogP contribution in [0.1, 0.15) is 54.6 Å². The Balaban J connectivity index is 1.56. The molecule has 0 spiro atoms. The van der Waals surface area contributed by atoms with Gasteiger partial charge in [-0.1, -0.05) is 55.3 Å². The Bertz CT molecular complexity index is 770. The Morgan fingerprint density at radius 3 is 2.41 bits per heavy atom. The summed E-state index contributed by atoms with van der Waals surface area (Å²) in [5.41, 5.74) is 2.18. The molecule has 0 aromatic heterocycles. The van der Waals surface area contributed by atoms with Crippen molar-refractivity contribution >= 4 is 17.5 Å². The fourth-order valence-corrected chi connectivity index (χ4v) is 3.42. The number of carbonyl (C=O) groups is 2. The van der Waals surface area contributed by atoms with E-state index in [2.05, 4.69) is 16.0 Å². The van der Waals surface area contributed by atoms with E-state index in [0.29, 0.717) is 11.3 Å². The van der Waals surface area contributed by atoms with E-state index in [1.54, 1.807) is 12.1 Å². The first-order chi connectivity index (χ1) is 13.1. The molecule has 1 fully saturated rings. The van der Waals surface area contributed by atoms with Crippen LogP contribution in [0.5, 0.6) is 0 Å². The lowest BCUT2D eigenvalue weighted by Gasteiger charge is -2.16. The Morgan fingerprint density at radius 1 is 1.00 bits per heavy atom. The molecule has 1 aliphatic rings. The smallest absolute Gasteiger partial charge is 0.253 e. The number of para-hydroxylation sites is 1. The topological polar surface area (TPSA) is 70.2 Å². The van der Waals surface area contributed by atoms with Crippen LogP contribution in [0.15, 0.2) is 54.6 Å². The largest absolute Gasteiger partial charge is 0.349 e. The molecule has 1 saturated carbocycles. The van der Waals surface area contributed by atoms with Gasteiger partial charge in [-0.3, -0.25) is 9.59 Å². The van der Waals surface area contributed by atoms with Gasteiger partial charge in [0, 0.05) is 12.1 Å². The zero-order valence-electron chi connectivity index (χ0n) is 15.7. The maximum Gasteiger partial charge on any atom is 0.253 e. The molecule has 3 rings (SSSR count). The highest BCUT2D eigenvalue weighted by atomic mass is 16.2. The van der Waals surface area contributed by atoms with Crippen molar-refractivity contribution in [2.75, 3.05) is 11.9 Å². The minimum absolute atomic E-state index is 0.0675. The number of hydrogen-bond donors (Lipinski definition) is 3. The van der Waals surface area contributed by atoms with Crippen molar-refractivity contribution in [2.45, 2.75) is 44.7 Å². The van der Waals surface area contributed by atoms with Crippen molar-refractivity contribution < 1.29 is 9.59 Å². The zero-order valence-corrected chi connectivity index (χ0v) is 15.7. The van der Waals surface area contributed by atoms with E-state index in [1.807, 2.05) is 49.4 Å². The summed E-state index contributed by atoms with van der Waals surface area (Å²) in [4.78, 5) is 24.9. The molecule has 0 saturated heterocycles. The van der Waals surface area contributed by atoms with Gasteiger partial charge in [-0.2, -0.15) is 0 Å². The summed E-state index contributed by atoms with van der Waals surface area (Å²) in [6.07, 6.45) is 4.38. The van der Waals surface area contributed by atoms with E-state index in [-0.39, 0.29) is 30.4 Å². The van der Waals surface area contributed by atoms with Crippen molar-refractivity contribution in [1.29, 1.82) is 0 Å². The highest BCUT2D eigenvalue weighted by Gasteiger charge is 2.20. The Kier molecular flexibility index (Phi) is 6.60. The second kappa shape index (κ2) is 9.33. The molecule has 142 valence electrons. The molecule has 0 heterocycles. The van der Waals surface area contributed by atoms with Crippen LogP contribution in [0.4, 0.5) is 5.69 Å². The first-order valence-corrected chi connectivity index (χ1v) is 9.61. The van der Waals surface area contributed by atoms with Crippen LogP contribution < -0.4 is 16.0 Å². The first-order valence-electron chi connectivity index (χ1n) is 9.61. The highest BCUT2D eigenvalue weighted by molar-refractivity contribution is 6.04. The standard InChI is InChI=1S/C22H27N3O2/c1-16(17-9-3-2-4-10-17)23-15-21(26)25-20-14-8-7-13-19(20)22(27)24-18-11-5-6-12-18/h2-4,7-10,13-14,16,18,23H,5-6,11-12,15H2,1H3,(H,24,27)(H,25,26)/t16-/m1/s1. The number of rotatable bonds is 7. The molecule has 0 radical (unpaired) electrons. The number of amides is 2. The summed E-state index contributed by atoms with van der Waals surface area (Å²) in [6, 6.07) is 17.4. The predicted molar refractivity (Wildman–Crippen MR) is 108 cm³/mol. The summed E-state index contributed by atoms with van der Waals surface area (Å²) in [5.74, 6) is -0.290. The number of anilines is 1. The third-order valence-corrected chi connectivity index (χ3v) is 5.00. The van der Waals surface area contributed by atoms with E-state index in [9.17, 15) is 9.59 Å². The molecule has 2 amide bonds. The summed E-state index contributed by atoms with van der Waals surface area (Å²) < 4.78 is 0. The fourth-order valence-electron chi connectivity index (χ4n) is 3.42. The van der Waals surface area contributed by atoms with E-state index < -0.39 is 0 Å². The Labute approximate surface area is 160 Å². The van der Waals surface area contributed by atoms with E-state index in [0.717, 1.165) is 31.2 Å². The lowest BCUT2D eigenvalue weighted by atomic mass is 10.1. The third-order valence-electron chi connectivity index (χ3n) is 5.00. The van der Waals surface area contributed by atoms with Gasteiger partial charge in [0.05, 0.1) is 17.8 Å². The molecule has 27 heavy (non-hydrogen) atoms. The summed E-state index contributed by atoms with van der Waals surface area (Å²) in [7, 11) is 0. The average molecular weight is 365 g/mol. The van der Waals surface area contributed by atoms with Crippen molar-refractivity contribution in [1.82, 2.24) is 10.6 Å². The molecular formula is C22H27N3O2. The Hall–Kier alpha value is -2.66. The lowest BCUT2D eigenvalue weighted by Crippen LogP contribution is -2.34. The van der Waals surface area contributed by atoms with Gasteiger partial charge in [0.2, 0.25) is 5.91 Å². The maximum atomic E-state index is 12.6. The maximum absolute atomic E-state index is 12.6. The predicted octanol–water partition coefficient (Wildman–Crippen LogP) is 3.65. The fraction of sp³-hybridized carbons (Fsp3) is 0.364. The zero-order chi connectivity index (χ0) is 19.1. The van der Waals surface area contributed by atoms with Gasteiger partial charge in [-0.25, -0.2) is 0 Å². The van der Waals surface area contributed by atoms with Gasteiger partial charge in [0.25, 0.3) is 5.91 Å². The number of benzene rings is 2. The second-order valence-corrected chi connectivity index (χ2v) is 7.06. The normalized spacial score (nSPS) is 15.3. The SMILES string of the molecule is C[C@@H](NCC(=O)Nc1ccccc1C(=O)NC1CCCC1)c1ccccc1. The van der Waals surface area contributed by atoms with Gasteiger partial charge in [0.1, 0.15) is 0 Å². The van der Waals surface area contributed by atoms with Crippen LogP contribution in [-0.2, 0) is 4.79 Å². The molecule has 1 atom stereocenters. The van der Waals surface area contributed by atoms with Crippen molar-refractivity contribution in [3.8, 4) is 0 Å². The lowest BCUT2D eigenvalue weighted by molar-refractivity contribution is -0.115. The van der Waals surface area contributed by atoms with Crippen molar-refractivity contribution in [2.24, 2.45) is 0 Å². The van der Waals surface area contributed by atoms with Crippen LogP contribution >= 0.6 is 0 Å². The summed E-state index contributed by atoms with van der Waals surface area (Å²) in [5, 5.41) is 9.15. The summed E-state index contributed by atoms with van der Waals surface area (Å²) in [6.45, 7) is 2.19. The van der Waals surface area contributed by atoms with Gasteiger partial charge in [-0.05, 0) is 37.5 Å². The molecule has 1 aliphatic carbocycles. The molecule has 0 unspecified atom stereocenters. The van der Waals surface area contributed by atoms with E-state index in [4.69, 9.17) is 0 Å². The van der Waals surface area contributed by atoms with Gasteiger partial charge in [-0.15, -0.1) is 0 Å². The van der Waals surface area contributed by atoms with Crippen LogP contribution in [0.2, 0.25) is 0 Å². The first kappa shape index (κ1) is 19.1. The molecular weight excluding hydrogens is 338 g/mol. The van der Waals surface area contributed by atoms with Crippen LogP contribution in [0.25, 0.3) is 0 Å². The molecule has 3 N–H and O–H groups in total. The van der Waals surface area contributed by atoms with Gasteiger partial charge >= 0.3 is 0 Å². The van der Waals surface area contributed by atoms with Crippen LogP contribution in [-0.4, -0.2) is 24.4 Å². The molecule has 5 nitrogen and oxygen atoms in total. The van der Waals surface area contributed by atoms with Crippen molar-refractivity contribution in [3.63, 3.8) is 0 Å². The molecule has 0 bridgehead atoms. The average Bonchev–Trinajstić information content (AvgIpc) is 3.20. The van der Waals surface area contributed by atoms with E-state index >= 15 is 0 Å². The Morgan fingerprint density at radius 2 is 1.67 bits per heavy atom.